The molecule has 0 unspecified atom stereocenters. The van der Waals surface area contributed by atoms with Crippen LogP contribution >= 0.6 is 0 Å². The second-order valence-electron chi connectivity index (χ2n) is 5.01. The van der Waals surface area contributed by atoms with Crippen LogP contribution in [0.5, 0.6) is 5.75 Å². The maximum absolute atomic E-state index is 11.3. The van der Waals surface area contributed by atoms with Crippen molar-refractivity contribution in [3.8, 4) is 5.75 Å². The van der Waals surface area contributed by atoms with Crippen molar-refractivity contribution in [3.63, 3.8) is 0 Å². The molecule has 0 spiro atoms. The lowest BCUT2D eigenvalue weighted by Gasteiger charge is -1.97. The minimum atomic E-state index is -0.482. The Morgan fingerprint density at radius 3 is 2.79 bits per heavy atom. The zero-order valence-corrected chi connectivity index (χ0v) is 13.7. The number of ether oxygens (including phenoxy) is 1. The van der Waals surface area contributed by atoms with Gasteiger partial charge in [-0.1, -0.05) is 54.2 Å². The van der Waals surface area contributed by atoms with Gasteiger partial charge in [-0.25, -0.2) is 4.79 Å². The van der Waals surface area contributed by atoms with Gasteiger partial charge in [0.1, 0.15) is 6.26 Å². The van der Waals surface area contributed by atoms with E-state index >= 15 is 0 Å². The molecule has 2 heterocycles. The minimum absolute atomic E-state index is 0.192. The molecule has 0 amide bonds. The van der Waals surface area contributed by atoms with E-state index in [1.807, 2.05) is 67.8 Å². The van der Waals surface area contributed by atoms with Crippen LogP contribution in [0, 0.1) is 0 Å². The van der Waals surface area contributed by atoms with Crippen LogP contribution in [-0.2, 0) is 0 Å². The number of pyridine rings is 1. The van der Waals surface area contributed by atoms with Gasteiger partial charge in [0.2, 0.25) is 5.75 Å². The van der Waals surface area contributed by atoms with Gasteiger partial charge in [0.15, 0.2) is 0 Å². The van der Waals surface area contributed by atoms with Gasteiger partial charge in [0.05, 0.1) is 7.11 Å². The molecule has 0 radical (unpaired) electrons. The smallest absolute Gasteiger partial charge is 0.378 e. The van der Waals surface area contributed by atoms with Gasteiger partial charge in [-0.3, -0.25) is 4.98 Å². The molecule has 24 heavy (non-hydrogen) atoms. The van der Waals surface area contributed by atoms with Gasteiger partial charge in [0, 0.05) is 18.0 Å². The number of rotatable bonds is 6. The summed E-state index contributed by atoms with van der Waals surface area (Å²) >= 11 is 0. The van der Waals surface area contributed by atoms with Crippen LogP contribution in [-0.4, -0.2) is 12.1 Å². The Hall–Kier alpha value is -3.14. The van der Waals surface area contributed by atoms with Crippen molar-refractivity contribution in [2.24, 2.45) is 0 Å². The Kier molecular flexibility index (Phi) is 6.53. The normalized spacial score (nSPS) is 12.5. The monoisotopic (exact) mass is 321 g/mol. The van der Waals surface area contributed by atoms with Gasteiger partial charge in [-0.05, 0) is 24.6 Å². The topological polar surface area (TPSA) is 52.3 Å². The summed E-state index contributed by atoms with van der Waals surface area (Å²) < 4.78 is 9.80. The first-order valence-electron chi connectivity index (χ1n) is 7.45. The molecule has 0 aliphatic rings. The third kappa shape index (κ3) is 5.57. The molecular formula is C20H19NO3. The number of hydrogen-bond donors (Lipinski definition) is 0. The fraction of sp³-hybridized carbons (Fsp3) is 0.100. The lowest BCUT2D eigenvalue weighted by atomic mass is 10.2. The quantitative estimate of drug-likeness (QED) is 0.746. The van der Waals surface area contributed by atoms with Crippen LogP contribution in [0.1, 0.15) is 18.1 Å². The Morgan fingerprint density at radius 1 is 1.21 bits per heavy atom. The van der Waals surface area contributed by atoms with E-state index < -0.39 is 5.63 Å². The van der Waals surface area contributed by atoms with Crippen LogP contribution in [0.4, 0.5) is 0 Å². The molecule has 122 valence electrons. The third-order valence-corrected chi connectivity index (χ3v) is 3.11. The first kappa shape index (κ1) is 17.2. The van der Waals surface area contributed by atoms with Crippen molar-refractivity contribution < 1.29 is 9.15 Å². The summed E-state index contributed by atoms with van der Waals surface area (Å²) in [6.45, 7) is 2.02. The molecule has 0 saturated heterocycles. The lowest BCUT2D eigenvalue weighted by Crippen LogP contribution is -2.02. The minimum Gasteiger partial charge on any atom is -0.490 e. The summed E-state index contributed by atoms with van der Waals surface area (Å²) in [5, 5.41) is 0. The molecule has 0 saturated carbocycles. The zero-order valence-electron chi connectivity index (χ0n) is 13.7. The summed E-state index contributed by atoms with van der Waals surface area (Å²) in [5.74, 6) is 0.192. The fourth-order valence-corrected chi connectivity index (χ4v) is 1.87. The molecule has 2 aromatic heterocycles. The van der Waals surface area contributed by atoms with Crippen LogP contribution in [0.2, 0.25) is 0 Å². The molecule has 0 fully saturated rings. The molecule has 4 nitrogen and oxygen atoms in total. The highest BCUT2D eigenvalue weighted by molar-refractivity contribution is 5.52. The standard InChI is InChI=1S/C20H19NO3/c1-16(8-5-10-17-11-6-12-21-14-17)7-3-4-9-18-13-19(23-2)20(22)24-15-18/h3-15H,1-2H3/b7-3+,9-4+,10-5+,16-8+. The number of hydrogen-bond acceptors (Lipinski definition) is 4. The van der Waals surface area contributed by atoms with E-state index in [9.17, 15) is 4.79 Å². The molecule has 4 heteroatoms. The molecule has 0 N–H and O–H groups in total. The predicted octanol–water partition coefficient (Wildman–Crippen LogP) is 4.27. The van der Waals surface area contributed by atoms with Crippen molar-refractivity contribution in [2.45, 2.75) is 6.92 Å². The SMILES string of the molecule is COc1cc(/C=C/C=C/C(C)=C/C=C/c2cccnc2)coc1=O. The first-order chi connectivity index (χ1) is 11.7. The van der Waals surface area contributed by atoms with Crippen LogP contribution in [0.15, 0.2) is 82.0 Å². The summed E-state index contributed by atoms with van der Waals surface area (Å²) in [6, 6.07) is 5.54. The predicted molar refractivity (Wildman–Crippen MR) is 96.7 cm³/mol. The number of allylic oxidation sites excluding steroid dienone is 6. The lowest BCUT2D eigenvalue weighted by molar-refractivity contribution is 0.375. The van der Waals surface area contributed by atoms with E-state index in [1.165, 1.54) is 13.4 Å². The highest BCUT2D eigenvalue weighted by Gasteiger charge is 2.00. The largest absolute Gasteiger partial charge is 0.490 e. The molecule has 0 atom stereocenters. The van der Waals surface area contributed by atoms with Gasteiger partial charge in [0.25, 0.3) is 0 Å². The highest BCUT2D eigenvalue weighted by atomic mass is 16.5. The highest BCUT2D eigenvalue weighted by Crippen LogP contribution is 2.09. The van der Waals surface area contributed by atoms with Crippen molar-refractivity contribution in [1.82, 2.24) is 4.98 Å². The number of methoxy groups -OCH3 is 1. The molecule has 0 aliphatic heterocycles. The van der Waals surface area contributed by atoms with Crippen LogP contribution in [0.3, 0.4) is 0 Å². The van der Waals surface area contributed by atoms with Crippen molar-refractivity contribution in [3.05, 3.63) is 94.4 Å². The van der Waals surface area contributed by atoms with E-state index in [0.717, 1.165) is 16.7 Å². The summed E-state index contributed by atoms with van der Waals surface area (Å²) in [6.07, 6.45) is 18.6. The molecular weight excluding hydrogens is 302 g/mol. The molecule has 0 aromatic carbocycles. The van der Waals surface area contributed by atoms with Crippen LogP contribution in [0.25, 0.3) is 12.2 Å². The Bertz CT molecular complexity index is 827. The summed E-state index contributed by atoms with van der Waals surface area (Å²) in [5.41, 5.74) is 2.44. The average Bonchev–Trinajstić information content (AvgIpc) is 2.61. The molecule has 2 aromatic rings. The van der Waals surface area contributed by atoms with Crippen molar-refractivity contribution >= 4 is 12.2 Å². The molecule has 2 rings (SSSR count). The van der Waals surface area contributed by atoms with Gasteiger partial charge in [-0.2, -0.15) is 0 Å². The summed E-state index contributed by atoms with van der Waals surface area (Å²) in [4.78, 5) is 15.3. The Labute approximate surface area is 141 Å². The van der Waals surface area contributed by atoms with E-state index in [-0.39, 0.29) is 5.75 Å². The van der Waals surface area contributed by atoms with Gasteiger partial charge >= 0.3 is 5.63 Å². The molecule has 0 bridgehead atoms. The number of aromatic nitrogens is 1. The number of nitrogens with zero attached hydrogens (tertiary/aromatic N) is 1. The maximum atomic E-state index is 11.3. The Morgan fingerprint density at radius 2 is 2.04 bits per heavy atom. The van der Waals surface area contributed by atoms with E-state index in [2.05, 4.69) is 4.98 Å². The van der Waals surface area contributed by atoms with Gasteiger partial charge in [-0.15, -0.1) is 0 Å². The van der Waals surface area contributed by atoms with Gasteiger partial charge < -0.3 is 9.15 Å². The summed E-state index contributed by atoms with van der Waals surface area (Å²) in [7, 11) is 1.44. The first-order valence-corrected chi connectivity index (χ1v) is 7.45. The second kappa shape index (κ2) is 9.10. The Balaban J connectivity index is 1.94. The third-order valence-electron chi connectivity index (χ3n) is 3.11. The van der Waals surface area contributed by atoms with Crippen molar-refractivity contribution in [1.29, 1.82) is 0 Å². The fourth-order valence-electron chi connectivity index (χ4n) is 1.87. The maximum Gasteiger partial charge on any atom is 0.378 e. The molecule has 0 aliphatic carbocycles. The van der Waals surface area contributed by atoms with Crippen molar-refractivity contribution in [2.75, 3.05) is 7.11 Å². The second-order valence-corrected chi connectivity index (χ2v) is 5.01. The average molecular weight is 321 g/mol. The van der Waals surface area contributed by atoms with Crippen LogP contribution < -0.4 is 10.4 Å². The zero-order chi connectivity index (χ0) is 17.2. The van der Waals surface area contributed by atoms with E-state index in [4.69, 9.17) is 9.15 Å². The van der Waals surface area contributed by atoms with E-state index in [1.54, 1.807) is 12.3 Å². The van der Waals surface area contributed by atoms with E-state index in [0.29, 0.717) is 0 Å².